The topological polar surface area (TPSA) is 31.0 Å². The molecule has 42 heavy (non-hydrogen) atoms. The number of benzene rings is 7. The molecule has 3 heteroatoms. The standard InChI is InChI=1S/C39H22N2O/c1-2-9-24-18-28(17-16-23(24)8-1)39-40-37-33-22-29(19-27-12-7-14-31(36(27)33)38(37)42-39)41-34-15-6-5-13-30(34)32-20-25-10-3-4-11-26(25)21-35(32)41/h1-22H/i3D,4D,5D,6D,10D,11D,13D,15D,20D,21D. The van der Waals surface area contributed by atoms with Gasteiger partial charge in [0.25, 0.3) is 0 Å². The Morgan fingerprint density at radius 1 is 0.619 bits per heavy atom. The fraction of sp³-hybridized carbons (Fsp3) is 0. The first-order valence-electron chi connectivity index (χ1n) is 18.5. The Morgan fingerprint density at radius 3 is 2.36 bits per heavy atom. The fourth-order valence-electron chi connectivity index (χ4n) is 6.29. The van der Waals surface area contributed by atoms with Gasteiger partial charge in [-0.3, -0.25) is 0 Å². The molecule has 0 saturated carbocycles. The number of fused-ring (bicyclic) bond motifs is 8. The van der Waals surface area contributed by atoms with E-state index in [-0.39, 0.29) is 50.7 Å². The van der Waals surface area contributed by atoms with Gasteiger partial charge in [-0.05, 0) is 69.3 Å². The summed E-state index contributed by atoms with van der Waals surface area (Å²) in [6.45, 7) is 0. The Labute approximate surface area is 254 Å². The summed E-state index contributed by atoms with van der Waals surface area (Å²) in [5, 5.41) is 3.40. The van der Waals surface area contributed by atoms with Crippen LogP contribution in [0.1, 0.15) is 13.7 Å². The molecule has 9 aromatic rings. The molecule has 2 heterocycles. The minimum Gasteiger partial charge on any atom is -0.435 e. The van der Waals surface area contributed by atoms with Crippen LogP contribution in [0.3, 0.4) is 0 Å². The molecule has 0 radical (unpaired) electrons. The minimum atomic E-state index is -0.560. The first-order chi connectivity index (χ1) is 25.0. The predicted molar refractivity (Wildman–Crippen MR) is 173 cm³/mol. The van der Waals surface area contributed by atoms with Crippen molar-refractivity contribution >= 4 is 54.1 Å². The van der Waals surface area contributed by atoms with E-state index in [0.29, 0.717) is 28.6 Å². The van der Waals surface area contributed by atoms with Crippen molar-refractivity contribution in [1.82, 2.24) is 9.55 Å². The largest absolute Gasteiger partial charge is 0.435 e. The van der Waals surface area contributed by atoms with Crippen LogP contribution >= 0.6 is 0 Å². The molecule has 1 aliphatic rings. The van der Waals surface area contributed by atoms with Crippen molar-refractivity contribution in [3.05, 3.63) is 133 Å². The molecule has 0 N–H and O–H groups in total. The van der Waals surface area contributed by atoms with Gasteiger partial charge in [-0.25, -0.2) is 4.98 Å². The maximum absolute atomic E-state index is 9.45. The van der Waals surface area contributed by atoms with Crippen LogP contribution < -0.4 is 0 Å². The molecule has 7 aromatic carbocycles. The van der Waals surface area contributed by atoms with Crippen LogP contribution in [-0.2, 0) is 0 Å². The number of hydrogen-bond acceptors (Lipinski definition) is 2. The van der Waals surface area contributed by atoms with Gasteiger partial charge in [0.05, 0.1) is 24.7 Å². The van der Waals surface area contributed by atoms with Crippen molar-refractivity contribution in [3.63, 3.8) is 0 Å². The second-order valence-corrected chi connectivity index (χ2v) is 10.4. The molecule has 0 bridgehead atoms. The molecule has 10 rings (SSSR count). The second kappa shape index (κ2) is 7.96. The van der Waals surface area contributed by atoms with E-state index >= 15 is 0 Å². The van der Waals surface area contributed by atoms with Gasteiger partial charge in [0.2, 0.25) is 5.89 Å². The van der Waals surface area contributed by atoms with Crippen LogP contribution in [0.25, 0.3) is 93.8 Å². The molecule has 2 aromatic heterocycles. The number of para-hydroxylation sites is 1. The zero-order valence-corrected chi connectivity index (χ0v) is 21.7. The van der Waals surface area contributed by atoms with Gasteiger partial charge in [-0.15, -0.1) is 0 Å². The summed E-state index contributed by atoms with van der Waals surface area (Å²) in [6, 6.07) is 18.8. The third-order valence-electron chi connectivity index (χ3n) is 8.13. The maximum atomic E-state index is 9.45. The molecule has 0 spiro atoms. The molecule has 0 atom stereocenters. The van der Waals surface area contributed by atoms with Gasteiger partial charge in [-0.1, -0.05) is 90.8 Å². The van der Waals surface area contributed by atoms with E-state index in [0.717, 1.165) is 32.7 Å². The number of oxazole rings is 1. The SMILES string of the molecule is [2H]c1c([2H])c([2H])c2c([2H])c3c(c([2H])c2c1[2H])c1c([2H])c([2H])c([2H])c([2H])c1n3-c1cc2c3c(cccc3c1)-c1oc(-c3ccc4ccccc4c3)nc1-2. The summed E-state index contributed by atoms with van der Waals surface area (Å²) >= 11 is 0. The Kier molecular flexibility index (Phi) is 2.81. The summed E-state index contributed by atoms with van der Waals surface area (Å²) < 4.78 is 95.9. The summed E-state index contributed by atoms with van der Waals surface area (Å²) in [4.78, 5) is 4.97. The molecule has 194 valence electrons. The van der Waals surface area contributed by atoms with E-state index in [1.165, 1.54) is 4.57 Å². The highest BCUT2D eigenvalue weighted by Gasteiger charge is 2.29. The van der Waals surface area contributed by atoms with E-state index in [2.05, 4.69) is 0 Å². The molecular weight excluding hydrogens is 512 g/mol. The lowest BCUT2D eigenvalue weighted by molar-refractivity contribution is 0.590. The quantitative estimate of drug-likeness (QED) is 0.217. The maximum Gasteiger partial charge on any atom is 0.227 e. The van der Waals surface area contributed by atoms with Gasteiger partial charge >= 0.3 is 0 Å². The summed E-state index contributed by atoms with van der Waals surface area (Å²) in [5.41, 5.74) is 3.41. The van der Waals surface area contributed by atoms with Crippen molar-refractivity contribution in [3.8, 4) is 39.7 Å². The van der Waals surface area contributed by atoms with Gasteiger partial charge < -0.3 is 8.98 Å². The average Bonchev–Trinajstić information content (AvgIpc) is 3.84. The van der Waals surface area contributed by atoms with Crippen LogP contribution in [0.2, 0.25) is 0 Å². The van der Waals surface area contributed by atoms with Crippen LogP contribution in [0, 0.1) is 0 Å². The Bertz CT molecular complexity index is 3150. The molecule has 0 saturated heterocycles. The van der Waals surface area contributed by atoms with E-state index in [1.54, 1.807) is 0 Å². The zero-order chi connectivity index (χ0) is 36.1. The number of hydrogen-bond donors (Lipinski definition) is 0. The third kappa shape index (κ3) is 2.92. The number of nitrogens with zero attached hydrogens (tertiary/aromatic N) is 2. The minimum absolute atomic E-state index is 0.00415. The molecule has 0 fully saturated rings. The normalized spacial score (nSPS) is 15.6. The smallest absolute Gasteiger partial charge is 0.227 e. The lowest BCUT2D eigenvalue weighted by Gasteiger charge is -2.12. The molecular formula is C39H22N2O. The van der Waals surface area contributed by atoms with Gasteiger partial charge in [0.1, 0.15) is 5.69 Å². The molecule has 0 unspecified atom stereocenters. The Balaban J connectivity index is 1.33. The Hall–Kier alpha value is -5.67. The van der Waals surface area contributed by atoms with Crippen molar-refractivity contribution in [1.29, 1.82) is 0 Å². The fourth-order valence-corrected chi connectivity index (χ4v) is 6.29. The first-order valence-corrected chi connectivity index (χ1v) is 13.5. The summed E-state index contributed by atoms with van der Waals surface area (Å²) in [5.74, 6) is 1.02. The summed E-state index contributed by atoms with van der Waals surface area (Å²) in [7, 11) is 0. The highest BCUT2D eigenvalue weighted by molar-refractivity contribution is 6.16. The van der Waals surface area contributed by atoms with Crippen molar-refractivity contribution in [2.45, 2.75) is 0 Å². The third-order valence-corrected chi connectivity index (χ3v) is 8.13. The van der Waals surface area contributed by atoms with Gasteiger partial charge in [0, 0.05) is 38.5 Å². The first kappa shape index (κ1) is 14.8. The number of rotatable bonds is 2. The molecule has 1 aliphatic carbocycles. The van der Waals surface area contributed by atoms with Crippen LogP contribution in [0.5, 0.6) is 0 Å². The second-order valence-electron chi connectivity index (χ2n) is 10.4. The monoisotopic (exact) mass is 544 g/mol. The lowest BCUT2D eigenvalue weighted by atomic mass is 10.0. The number of aromatic nitrogens is 2. The summed E-state index contributed by atoms with van der Waals surface area (Å²) in [6.07, 6.45) is 0. The van der Waals surface area contributed by atoms with Crippen molar-refractivity contribution in [2.75, 3.05) is 0 Å². The van der Waals surface area contributed by atoms with Crippen molar-refractivity contribution < 1.29 is 18.1 Å². The molecule has 0 aliphatic heterocycles. The molecule has 0 amide bonds. The molecule has 3 nitrogen and oxygen atoms in total. The zero-order valence-electron chi connectivity index (χ0n) is 31.7. The van der Waals surface area contributed by atoms with Gasteiger partial charge in [-0.2, -0.15) is 0 Å². The van der Waals surface area contributed by atoms with Crippen LogP contribution in [0.15, 0.2) is 138 Å². The van der Waals surface area contributed by atoms with Gasteiger partial charge in [0.15, 0.2) is 5.76 Å². The van der Waals surface area contributed by atoms with Crippen molar-refractivity contribution in [2.24, 2.45) is 0 Å². The highest BCUT2D eigenvalue weighted by Crippen LogP contribution is 2.50. The Morgan fingerprint density at radius 2 is 1.43 bits per heavy atom. The van der Waals surface area contributed by atoms with E-state index in [9.17, 15) is 2.74 Å². The van der Waals surface area contributed by atoms with E-state index in [4.69, 9.17) is 20.4 Å². The van der Waals surface area contributed by atoms with Crippen LogP contribution in [-0.4, -0.2) is 9.55 Å². The van der Waals surface area contributed by atoms with Crippen LogP contribution in [0.4, 0.5) is 0 Å². The highest BCUT2D eigenvalue weighted by atomic mass is 16.4. The lowest BCUT2D eigenvalue weighted by Crippen LogP contribution is -1.95. The average molecular weight is 545 g/mol. The van der Waals surface area contributed by atoms with E-state index in [1.807, 2.05) is 72.8 Å². The van der Waals surface area contributed by atoms with E-state index < -0.39 is 42.3 Å². The predicted octanol–water partition coefficient (Wildman–Crippen LogP) is 10.5.